The molecule has 0 fully saturated rings. The van der Waals surface area contributed by atoms with Gasteiger partial charge in [-0.2, -0.15) is 10.1 Å². The maximum atomic E-state index is 12.2. The highest BCUT2D eigenvalue weighted by molar-refractivity contribution is 5.98. The van der Waals surface area contributed by atoms with E-state index < -0.39 is 5.97 Å². The molecule has 0 N–H and O–H groups in total. The standard InChI is InChI=1S/C18H14N4O3/c1-2-24-18(23)14-11-20-22-15-8-4-3-7-13(15)17(21-16(14)22)25-12-6-5-9-19-10-12/h3-11H,2H2,1H3. The van der Waals surface area contributed by atoms with Gasteiger partial charge >= 0.3 is 5.97 Å². The van der Waals surface area contributed by atoms with E-state index in [4.69, 9.17) is 9.47 Å². The molecule has 0 saturated heterocycles. The van der Waals surface area contributed by atoms with Gasteiger partial charge < -0.3 is 9.47 Å². The molecular weight excluding hydrogens is 320 g/mol. The number of rotatable bonds is 4. The molecule has 0 unspecified atom stereocenters. The van der Waals surface area contributed by atoms with Gasteiger partial charge in [-0.1, -0.05) is 12.1 Å². The molecule has 0 aliphatic rings. The van der Waals surface area contributed by atoms with Gasteiger partial charge in [-0.15, -0.1) is 0 Å². The zero-order valence-electron chi connectivity index (χ0n) is 13.4. The summed E-state index contributed by atoms with van der Waals surface area (Å²) in [4.78, 5) is 20.7. The molecule has 1 aromatic carbocycles. The average molecular weight is 334 g/mol. The van der Waals surface area contributed by atoms with Crippen molar-refractivity contribution in [2.75, 3.05) is 6.61 Å². The molecule has 0 bridgehead atoms. The van der Waals surface area contributed by atoms with E-state index in [2.05, 4.69) is 15.1 Å². The number of para-hydroxylation sites is 1. The predicted molar refractivity (Wildman–Crippen MR) is 90.8 cm³/mol. The maximum absolute atomic E-state index is 12.2. The molecule has 124 valence electrons. The van der Waals surface area contributed by atoms with Crippen molar-refractivity contribution in [1.82, 2.24) is 19.6 Å². The van der Waals surface area contributed by atoms with E-state index in [-0.39, 0.29) is 6.61 Å². The Kier molecular flexibility index (Phi) is 3.74. The molecule has 3 aromatic heterocycles. The number of pyridine rings is 1. The fourth-order valence-corrected chi connectivity index (χ4v) is 2.57. The van der Waals surface area contributed by atoms with Gasteiger partial charge in [0.25, 0.3) is 0 Å². The van der Waals surface area contributed by atoms with Crippen LogP contribution in [0.5, 0.6) is 11.6 Å². The van der Waals surface area contributed by atoms with Gasteiger partial charge in [-0.05, 0) is 31.2 Å². The lowest BCUT2D eigenvalue weighted by Gasteiger charge is -2.09. The molecule has 4 aromatic rings. The van der Waals surface area contributed by atoms with Gasteiger partial charge in [0.1, 0.15) is 11.3 Å². The molecule has 3 heterocycles. The average Bonchev–Trinajstić information content (AvgIpc) is 3.07. The second kappa shape index (κ2) is 6.20. The molecule has 7 nitrogen and oxygen atoms in total. The highest BCUT2D eigenvalue weighted by Gasteiger charge is 2.19. The minimum absolute atomic E-state index is 0.281. The molecule has 0 spiro atoms. The monoisotopic (exact) mass is 334 g/mol. The van der Waals surface area contributed by atoms with Crippen LogP contribution in [0.15, 0.2) is 55.0 Å². The Morgan fingerprint density at radius 2 is 2.04 bits per heavy atom. The highest BCUT2D eigenvalue weighted by atomic mass is 16.5. The van der Waals surface area contributed by atoms with Crippen LogP contribution in [0, 0.1) is 0 Å². The molecule has 0 aliphatic heterocycles. The number of nitrogens with zero attached hydrogens (tertiary/aromatic N) is 4. The third kappa shape index (κ3) is 2.65. The smallest absolute Gasteiger partial charge is 0.343 e. The van der Waals surface area contributed by atoms with Crippen LogP contribution in [-0.2, 0) is 4.74 Å². The molecule has 4 rings (SSSR count). The van der Waals surface area contributed by atoms with E-state index in [1.165, 1.54) is 6.20 Å². The van der Waals surface area contributed by atoms with Crippen molar-refractivity contribution in [3.05, 3.63) is 60.6 Å². The minimum Gasteiger partial charge on any atom is -0.462 e. The van der Waals surface area contributed by atoms with Gasteiger partial charge in [0, 0.05) is 6.20 Å². The molecule has 0 atom stereocenters. The Balaban J connectivity index is 1.93. The van der Waals surface area contributed by atoms with Crippen molar-refractivity contribution in [2.24, 2.45) is 0 Å². The van der Waals surface area contributed by atoms with E-state index in [0.29, 0.717) is 22.8 Å². The molecule has 25 heavy (non-hydrogen) atoms. The minimum atomic E-state index is -0.465. The summed E-state index contributed by atoms with van der Waals surface area (Å²) in [6, 6.07) is 11.1. The van der Waals surface area contributed by atoms with E-state index in [1.54, 1.807) is 36.0 Å². The lowest BCUT2D eigenvalue weighted by molar-refractivity contribution is 0.0528. The number of fused-ring (bicyclic) bond motifs is 3. The van der Waals surface area contributed by atoms with Crippen molar-refractivity contribution in [3.63, 3.8) is 0 Å². The quantitative estimate of drug-likeness (QED) is 0.533. The first-order chi connectivity index (χ1) is 12.3. The van der Waals surface area contributed by atoms with E-state index in [9.17, 15) is 4.79 Å². The van der Waals surface area contributed by atoms with Crippen molar-refractivity contribution >= 4 is 22.5 Å². The topological polar surface area (TPSA) is 78.6 Å². The number of benzene rings is 1. The van der Waals surface area contributed by atoms with Crippen molar-refractivity contribution in [3.8, 4) is 11.6 Å². The normalized spacial score (nSPS) is 10.9. The van der Waals surface area contributed by atoms with Crippen LogP contribution in [0.2, 0.25) is 0 Å². The Bertz CT molecular complexity index is 1060. The zero-order chi connectivity index (χ0) is 17.2. The van der Waals surface area contributed by atoms with Crippen molar-refractivity contribution in [1.29, 1.82) is 0 Å². The number of aromatic nitrogens is 4. The van der Waals surface area contributed by atoms with Gasteiger partial charge in [-0.3, -0.25) is 4.98 Å². The summed E-state index contributed by atoms with van der Waals surface area (Å²) >= 11 is 0. The van der Waals surface area contributed by atoms with Gasteiger partial charge in [0.2, 0.25) is 5.88 Å². The number of hydrogen-bond acceptors (Lipinski definition) is 6. The van der Waals surface area contributed by atoms with Crippen LogP contribution in [0.25, 0.3) is 16.6 Å². The van der Waals surface area contributed by atoms with Crippen LogP contribution in [0.1, 0.15) is 17.3 Å². The second-order valence-electron chi connectivity index (χ2n) is 5.24. The van der Waals surface area contributed by atoms with Gasteiger partial charge in [0.05, 0.1) is 29.9 Å². The van der Waals surface area contributed by atoms with Crippen LogP contribution in [0.3, 0.4) is 0 Å². The van der Waals surface area contributed by atoms with Crippen LogP contribution in [-0.4, -0.2) is 32.2 Å². The highest BCUT2D eigenvalue weighted by Crippen LogP contribution is 2.29. The summed E-state index contributed by atoms with van der Waals surface area (Å²) in [6.07, 6.45) is 4.72. The lowest BCUT2D eigenvalue weighted by Crippen LogP contribution is -2.05. The fraction of sp³-hybridized carbons (Fsp3) is 0.111. The predicted octanol–water partition coefficient (Wildman–Crippen LogP) is 3.25. The van der Waals surface area contributed by atoms with E-state index in [1.807, 2.05) is 24.3 Å². The Morgan fingerprint density at radius 1 is 1.16 bits per heavy atom. The van der Waals surface area contributed by atoms with Gasteiger partial charge in [0.15, 0.2) is 5.65 Å². The van der Waals surface area contributed by atoms with Crippen LogP contribution < -0.4 is 4.74 Å². The largest absolute Gasteiger partial charge is 0.462 e. The third-order valence-corrected chi connectivity index (χ3v) is 3.66. The zero-order valence-corrected chi connectivity index (χ0v) is 13.4. The van der Waals surface area contributed by atoms with Crippen LogP contribution >= 0.6 is 0 Å². The van der Waals surface area contributed by atoms with Gasteiger partial charge in [-0.25, -0.2) is 9.31 Å². The number of carbonyl (C=O) groups is 1. The first-order valence-electron chi connectivity index (χ1n) is 7.79. The summed E-state index contributed by atoms with van der Waals surface area (Å²) in [6.45, 7) is 2.03. The first-order valence-corrected chi connectivity index (χ1v) is 7.79. The number of carbonyl (C=O) groups excluding carboxylic acids is 1. The SMILES string of the molecule is CCOC(=O)c1cnn2c1nc(Oc1cccnc1)c1ccccc12. The summed E-state index contributed by atoms with van der Waals surface area (Å²) in [5.74, 6) is 0.469. The van der Waals surface area contributed by atoms with Crippen molar-refractivity contribution in [2.45, 2.75) is 6.92 Å². The first kappa shape index (κ1) is 15.1. The maximum Gasteiger partial charge on any atom is 0.343 e. The molecule has 0 radical (unpaired) electrons. The van der Waals surface area contributed by atoms with E-state index >= 15 is 0 Å². The van der Waals surface area contributed by atoms with Crippen molar-refractivity contribution < 1.29 is 14.3 Å². The number of esters is 1. The molecule has 0 amide bonds. The molecule has 7 heteroatoms. The Hall–Kier alpha value is -3.48. The lowest BCUT2D eigenvalue weighted by atomic mass is 10.2. The Labute approximate surface area is 142 Å². The molecule has 0 saturated carbocycles. The molecular formula is C18H14N4O3. The fourth-order valence-electron chi connectivity index (χ4n) is 2.57. The second-order valence-corrected chi connectivity index (χ2v) is 5.24. The number of ether oxygens (including phenoxy) is 2. The number of hydrogen-bond donors (Lipinski definition) is 0. The van der Waals surface area contributed by atoms with Crippen LogP contribution in [0.4, 0.5) is 0 Å². The third-order valence-electron chi connectivity index (χ3n) is 3.66. The summed E-state index contributed by atoms with van der Waals surface area (Å²) in [7, 11) is 0. The summed E-state index contributed by atoms with van der Waals surface area (Å²) in [5, 5.41) is 5.06. The Morgan fingerprint density at radius 3 is 2.84 bits per heavy atom. The van der Waals surface area contributed by atoms with E-state index in [0.717, 1.165) is 10.9 Å². The summed E-state index contributed by atoms with van der Waals surface area (Å²) < 4.78 is 12.6. The molecule has 0 aliphatic carbocycles. The summed E-state index contributed by atoms with van der Waals surface area (Å²) in [5.41, 5.74) is 1.46.